The maximum Gasteiger partial charge on any atom is 0.338 e. The number of hydrogen-bond acceptors (Lipinski definition) is 4. The van der Waals surface area contributed by atoms with Crippen LogP contribution in [0.25, 0.3) is 11.1 Å². The van der Waals surface area contributed by atoms with Crippen molar-refractivity contribution in [3.8, 4) is 11.1 Å². The molecule has 1 aliphatic heterocycles. The van der Waals surface area contributed by atoms with Gasteiger partial charge in [0.05, 0.1) is 5.56 Å². The van der Waals surface area contributed by atoms with E-state index in [2.05, 4.69) is 5.16 Å². The number of ether oxygens (including phenoxy) is 1. The first kappa shape index (κ1) is 14.0. The zero-order chi connectivity index (χ0) is 15.6. The Hall–Kier alpha value is -2.62. The molecule has 0 aromatic heterocycles. The molecule has 0 N–H and O–H groups in total. The van der Waals surface area contributed by atoms with Crippen molar-refractivity contribution < 1.29 is 14.4 Å². The molecule has 1 fully saturated rings. The van der Waals surface area contributed by atoms with E-state index in [1.165, 1.54) is 0 Å². The predicted molar refractivity (Wildman–Crippen MR) is 87.2 cm³/mol. The van der Waals surface area contributed by atoms with Crippen LogP contribution < -0.4 is 0 Å². The van der Waals surface area contributed by atoms with Gasteiger partial charge in [0.25, 0.3) is 0 Å². The summed E-state index contributed by atoms with van der Waals surface area (Å²) in [5.41, 5.74) is 3.66. The van der Waals surface area contributed by atoms with Crippen molar-refractivity contribution >= 4 is 11.7 Å². The third kappa shape index (κ3) is 2.72. The molecular weight excluding hydrogens is 290 g/mol. The minimum atomic E-state index is -0.301. The number of fused-ring (bicyclic) bond motifs is 1. The van der Waals surface area contributed by atoms with Gasteiger partial charge in [-0.3, -0.25) is 0 Å². The van der Waals surface area contributed by atoms with Gasteiger partial charge in [-0.25, -0.2) is 4.79 Å². The van der Waals surface area contributed by atoms with Gasteiger partial charge in [-0.2, -0.15) is 0 Å². The lowest BCUT2D eigenvalue weighted by molar-refractivity contribution is 0.0420. The molecule has 4 nitrogen and oxygen atoms in total. The van der Waals surface area contributed by atoms with Crippen LogP contribution in [-0.2, 0) is 9.57 Å². The number of carbonyl (C=O) groups is 1. The van der Waals surface area contributed by atoms with Gasteiger partial charge in [-0.15, -0.1) is 0 Å². The third-order valence-electron chi connectivity index (χ3n) is 4.45. The van der Waals surface area contributed by atoms with Crippen LogP contribution in [0.1, 0.15) is 23.2 Å². The van der Waals surface area contributed by atoms with Gasteiger partial charge in [0.1, 0.15) is 18.4 Å². The smallest absolute Gasteiger partial charge is 0.338 e. The third-order valence-corrected chi connectivity index (χ3v) is 4.45. The highest BCUT2D eigenvalue weighted by molar-refractivity contribution is 5.97. The molecule has 0 saturated heterocycles. The molecule has 2 aliphatic rings. The molecule has 0 radical (unpaired) electrons. The molecule has 2 aromatic carbocycles. The molecule has 1 unspecified atom stereocenters. The lowest BCUT2D eigenvalue weighted by Crippen LogP contribution is -2.24. The van der Waals surface area contributed by atoms with E-state index >= 15 is 0 Å². The molecular formula is C19H17NO3. The minimum absolute atomic E-state index is 0.233. The summed E-state index contributed by atoms with van der Waals surface area (Å²) < 4.78 is 5.61. The van der Waals surface area contributed by atoms with Gasteiger partial charge < -0.3 is 9.57 Å². The Balaban J connectivity index is 1.47. The van der Waals surface area contributed by atoms with E-state index in [0.29, 0.717) is 18.1 Å². The Morgan fingerprint density at radius 1 is 1.00 bits per heavy atom. The van der Waals surface area contributed by atoms with Gasteiger partial charge >= 0.3 is 5.97 Å². The second kappa shape index (κ2) is 5.88. The van der Waals surface area contributed by atoms with Gasteiger partial charge in [0.15, 0.2) is 0 Å². The van der Waals surface area contributed by atoms with Crippen LogP contribution in [0, 0.1) is 5.92 Å². The standard InChI is InChI=1S/C19H17NO3/c21-19(23-17-11-10-16-12-22-20-18(16)17)15-8-6-14(7-9-15)13-4-2-1-3-5-13/h1-9,16-17H,10-12H2/t16?,17-/m1/s1. The van der Waals surface area contributed by atoms with Crippen molar-refractivity contribution in [3.05, 3.63) is 60.2 Å². The van der Waals surface area contributed by atoms with Gasteiger partial charge in [-0.1, -0.05) is 47.6 Å². The summed E-state index contributed by atoms with van der Waals surface area (Å²) in [7, 11) is 0. The van der Waals surface area contributed by atoms with E-state index in [4.69, 9.17) is 9.57 Å². The highest BCUT2D eigenvalue weighted by atomic mass is 16.6. The summed E-state index contributed by atoms with van der Waals surface area (Å²) >= 11 is 0. The van der Waals surface area contributed by atoms with E-state index in [1.54, 1.807) is 0 Å². The van der Waals surface area contributed by atoms with Gasteiger partial charge in [0, 0.05) is 5.92 Å². The second-order valence-corrected chi connectivity index (χ2v) is 5.92. The largest absolute Gasteiger partial charge is 0.452 e. The number of oxime groups is 1. The maximum absolute atomic E-state index is 12.3. The topological polar surface area (TPSA) is 47.9 Å². The summed E-state index contributed by atoms with van der Waals surface area (Å²) in [5, 5.41) is 4.02. The Bertz CT molecular complexity index is 737. The molecule has 23 heavy (non-hydrogen) atoms. The molecule has 1 saturated carbocycles. The number of esters is 1. The van der Waals surface area contributed by atoms with Crippen LogP contribution in [0.3, 0.4) is 0 Å². The average Bonchev–Trinajstić information content (AvgIpc) is 3.21. The Labute approximate surface area is 134 Å². The first-order valence-electron chi connectivity index (χ1n) is 7.87. The molecule has 0 amide bonds. The number of benzene rings is 2. The van der Waals surface area contributed by atoms with Crippen molar-refractivity contribution in [2.75, 3.05) is 6.61 Å². The highest BCUT2D eigenvalue weighted by Crippen LogP contribution is 2.30. The summed E-state index contributed by atoms with van der Waals surface area (Å²) in [6, 6.07) is 17.6. The molecule has 2 aromatic rings. The van der Waals surface area contributed by atoms with E-state index < -0.39 is 0 Å². The van der Waals surface area contributed by atoms with E-state index in [0.717, 1.165) is 29.7 Å². The molecule has 4 heteroatoms. The monoisotopic (exact) mass is 307 g/mol. The van der Waals surface area contributed by atoms with Crippen molar-refractivity contribution in [1.29, 1.82) is 0 Å². The highest BCUT2D eigenvalue weighted by Gasteiger charge is 2.39. The number of carbonyl (C=O) groups excluding carboxylic acids is 1. The van der Waals surface area contributed by atoms with Crippen molar-refractivity contribution in [3.63, 3.8) is 0 Å². The van der Waals surface area contributed by atoms with Crippen LogP contribution in [0.5, 0.6) is 0 Å². The van der Waals surface area contributed by atoms with Crippen molar-refractivity contribution in [2.24, 2.45) is 11.1 Å². The molecule has 0 spiro atoms. The fourth-order valence-corrected chi connectivity index (χ4v) is 3.16. The summed E-state index contributed by atoms with van der Waals surface area (Å²) in [5.74, 6) is 0.0260. The summed E-state index contributed by atoms with van der Waals surface area (Å²) in [6.45, 7) is 0.620. The SMILES string of the molecule is O=C(O[C@@H]1CCC2CON=C21)c1ccc(-c2ccccc2)cc1. The molecule has 1 aliphatic carbocycles. The van der Waals surface area contributed by atoms with Crippen LogP contribution in [0.2, 0.25) is 0 Å². The van der Waals surface area contributed by atoms with E-state index in [1.807, 2.05) is 54.6 Å². The zero-order valence-corrected chi connectivity index (χ0v) is 12.6. The average molecular weight is 307 g/mol. The van der Waals surface area contributed by atoms with Crippen LogP contribution in [0.15, 0.2) is 59.8 Å². The second-order valence-electron chi connectivity index (χ2n) is 5.92. The van der Waals surface area contributed by atoms with Gasteiger partial charge in [-0.05, 0) is 36.1 Å². The minimum Gasteiger partial charge on any atom is -0.452 e. The quantitative estimate of drug-likeness (QED) is 0.813. The molecule has 0 bridgehead atoms. The van der Waals surface area contributed by atoms with E-state index in [-0.39, 0.29) is 12.1 Å². The Morgan fingerprint density at radius 2 is 1.74 bits per heavy atom. The predicted octanol–water partition coefficient (Wildman–Crippen LogP) is 3.68. The van der Waals surface area contributed by atoms with E-state index in [9.17, 15) is 4.79 Å². The normalized spacial score (nSPS) is 22.2. The van der Waals surface area contributed by atoms with Crippen LogP contribution in [0.4, 0.5) is 0 Å². The fraction of sp³-hybridized carbons (Fsp3) is 0.263. The number of rotatable bonds is 3. The fourth-order valence-electron chi connectivity index (χ4n) is 3.16. The van der Waals surface area contributed by atoms with Crippen molar-refractivity contribution in [2.45, 2.75) is 18.9 Å². The number of hydrogen-bond donors (Lipinski definition) is 0. The first-order chi connectivity index (χ1) is 11.3. The molecule has 2 atom stereocenters. The van der Waals surface area contributed by atoms with Crippen LogP contribution >= 0.6 is 0 Å². The molecule has 1 heterocycles. The number of nitrogens with zero attached hydrogens (tertiary/aromatic N) is 1. The maximum atomic E-state index is 12.3. The zero-order valence-electron chi connectivity index (χ0n) is 12.6. The lowest BCUT2D eigenvalue weighted by Gasteiger charge is -2.12. The first-order valence-corrected chi connectivity index (χ1v) is 7.87. The van der Waals surface area contributed by atoms with Crippen LogP contribution in [-0.4, -0.2) is 24.4 Å². The Kier molecular flexibility index (Phi) is 3.58. The lowest BCUT2D eigenvalue weighted by atomic mass is 10.0. The molecule has 116 valence electrons. The molecule has 4 rings (SSSR count). The van der Waals surface area contributed by atoms with Crippen molar-refractivity contribution in [1.82, 2.24) is 0 Å². The van der Waals surface area contributed by atoms with Gasteiger partial charge in [0.2, 0.25) is 0 Å². The Morgan fingerprint density at radius 3 is 2.52 bits per heavy atom. The summed E-state index contributed by atoms with van der Waals surface area (Å²) in [6.07, 6.45) is 1.58. The summed E-state index contributed by atoms with van der Waals surface area (Å²) in [4.78, 5) is 17.4.